The van der Waals surface area contributed by atoms with E-state index in [4.69, 9.17) is 0 Å². The summed E-state index contributed by atoms with van der Waals surface area (Å²) in [5, 5.41) is 0. The molecule has 1 spiro atoms. The van der Waals surface area contributed by atoms with Crippen molar-refractivity contribution in [3.63, 3.8) is 0 Å². The molecule has 1 atom stereocenters. The van der Waals surface area contributed by atoms with Crippen LogP contribution in [-0.2, 0) is 13.0 Å². The number of thiophene rings is 1. The van der Waals surface area contributed by atoms with Gasteiger partial charge in [-0.2, -0.15) is 0 Å². The SMILES string of the molecule is Cc1ccc(C(=O)N2CC[C@]3(Cc4ncc(-c5cccnc5)n4C3)C2)s1. The van der Waals surface area contributed by atoms with E-state index in [0.717, 1.165) is 54.4 Å². The third-order valence-corrected chi connectivity index (χ3v) is 6.59. The lowest BCUT2D eigenvalue weighted by Gasteiger charge is -2.23. The summed E-state index contributed by atoms with van der Waals surface area (Å²) >= 11 is 1.59. The lowest BCUT2D eigenvalue weighted by atomic mass is 9.86. The minimum Gasteiger partial charge on any atom is -0.337 e. The van der Waals surface area contributed by atoms with Gasteiger partial charge in [0.2, 0.25) is 0 Å². The average Bonchev–Trinajstić information content (AvgIpc) is 3.40. The van der Waals surface area contributed by atoms with E-state index < -0.39 is 0 Å². The van der Waals surface area contributed by atoms with Crippen LogP contribution in [0.1, 0.15) is 26.8 Å². The first-order valence-corrected chi connectivity index (χ1v) is 9.76. The van der Waals surface area contributed by atoms with Crippen LogP contribution in [0.3, 0.4) is 0 Å². The van der Waals surface area contributed by atoms with Gasteiger partial charge in [-0.05, 0) is 37.6 Å². The highest BCUT2D eigenvalue weighted by molar-refractivity contribution is 7.13. The molecule has 0 aliphatic carbocycles. The quantitative estimate of drug-likeness (QED) is 0.700. The Bertz CT molecular complexity index is 977. The number of nitrogens with zero attached hydrogens (tertiary/aromatic N) is 4. The van der Waals surface area contributed by atoms with E-state index in [2.05, 4.69) is 20.6 Å². The number of carbonyl (C=O) groups excluding carboxylic acids is 1. The molecule has 0 N–H and O–H groups in total. The number of hydrogen-bond donors (Lipinski definition) is 0. The van der Waals surface area contributed by atoms with Gasteiger partial charge in [0, 0.05) is 54.3 Å². The molecule has 3 aromatic heterocycles. The first-order valence-electron chi connectivity index (χ1n) is 8.94. The molecule has 1 saturated heterocycles. The molecule has 2 aliphatic rings. The fourth-order valence-electron chi connectivity index (χ4n) is 4.29. The molecular weight excluding hydrogens is 344 g/mol. The van der Waals surface area contributed by atoms with Crippen LogP contribution in [0.15, 0.2) is 42.9 Å². The third kappa shape index (κ3) is 2.48. The first-order chi connectivity index (χ1) is 12.6. The molecule has 26 heavy (non-hydrogen) atoms. The molecule has 1 amide bonds. The molecule has 0 aromatic carbocycles. The van der Waals surface area contributed by atoms with E-state index in [-0.39, 0.29) is 11.3 Å². The summed E-state index contributed by atoms with van der Waals surface area (Å²) in [5.74, 6) is 1.31. The van der Waals surface area contributed by atoms with Crippen molar-refractivity contribution >= 4 is 17.2 Å². The molecule has 5 rings (SSSR count). The Kier molecular flexibility index (Phi) is 3.50. The molecular formula is C20H20N4OS. The van der Waals surface area contributed by atoms with E-state index in [1.54, 1.807) is 17.5 Å². The minimum atomic E-state index is 0.127. The highest BCUT2D eigenvalue weighted by Gasteiger charge is 2.45. The van der Waals surface area contributed by atoms with Crippen molar-refractivity contribution in [3.05, 3.63) is 58.4 Å². The van der Waals surface area contributed by atoms with Crippen LogP contribution in [0.25, 0.3) is 11.3 Å². The van der Waals surface area contributed by atoms with Crippen molar-refractivity contribution in [2.45, 2.75) is 26.3 Å². The van der Waals surface area contributed by atoms with Crippen molar-refractivity contribution < 1.29 is 4.79 Å². The lowest BCUT2D eigenvalue weighted by Crippen LogP contribution is -2.32. The highest BCUT2D eigenvalue weighted by Crippen LogP contribution is 2.43. The number of hydrogen-bond acceptors (Lipinski definition) is 4. The van der Waals surface area contributed by atoms with Crippen LogP contribution in [0, 0.1) is 12.3 Å². The standard InChI is InChI=1S/C20H20N4OS/c1-14-4-5-17(26-14)19(25)23-8-6-20(12-23)9-18-22-11-16(24(18)13-20)15-3-2-7-21-10-15/h2-5,7,10-11H,6,8-9,12-13H2,1H3/t20-/m0/s1. The van der Waals surface area contributed by atoms with E-state index >= 15 is 0 Å². The first kappa shape index (κ1) is 15.8. The number of pyridine rings is 1. The maximum atomic E-state index is 12.8. The van der Waals surface area contributed by atoms with E-state index in [0.29, 0.717) is 0 Å². The largest absolute Gasteiger partial charge is 0.337 e. The Labute approximate surface area is 156 Å². The Morgan fingerprint density at radius 3 is 2.92 bits per heavy atom. The number of fused-ring (bicyclic) bond motifs is 1. The maximum Gasteiger partial charge on any atom is 0.263 e. The molecule has 6 heteroatoms. The molecule has 0 saturated carbocycles. The number of imidazole rings is 1. The van der Waals surface area contributed by atoms with Crippen LogP contribution < -0.4 is 0 Å². The van der Waals surface area contributed by atoms with Crippen molar-refractivity contribution in [3.8, 4) is 11.3 Å². The maximum absolute atomic E-state index is 12.8. The molecule has 5 nitrogen and oxygen atoms in total. The zero-order chi connectivity index (χ0) is 17.7. The summed E-state index contributed by atoms with van der Waals surface area (Å²) < 4.78 is 2.32. The number of carbonyl (C=O) groups is 1. The second-order valence-corrected chi connectivity index (χ2v) is 8.74. The summed E-state index contributed by atoms with van der Waals surface area (Å²) in [4.78, 5) is 25.8. The van der Waals surface area contributed by atoms with Crippen molar-refractivity contribution in [1.82, 2.24) is 19.4 Å². The fraction of sp³-hybridized carbons (Fsp3) is 0.350. The predicted molar refractivity (Wildman–Crippen MR) is 101 cm³/mol. The van der Waals surface area contributed by atoms with Crippen LogP contribution in [-0.4, -0.2) is 38.4 Å². The molecule has 0 radical (unpaired) electrons. The Morgan fingerprint density at radius 2 is 2.15 bits per heavy atom. The zero-order valence-corrected chi connectivity index (χ0v) is 15.5. The van der Waals surface area contributed by atoms with E-state index in [1.807, 2.05) is 42.4 Å². The van der Waals surface area contributed by atoms with Gasteiger partial charge in [-0.25, -0.2) is 4.98 Å². The van der Waals surface area contributed by atoms with Crippen LogP contribution in [0.2, 0.25) is 0 Å². The second kappa shape index (κ2) is 5.77. The van der Waals surface area contributed by atoms with E-state index in [9.17, 15) is 4.79 Å². The summed E-state index contributed by atoms with van der Waals surface area (Å²) in [5.41, 5.74) is 2.36. The van der Waals surface area contributed by atoms with Gasteiger partial charge in [-0.15, -0.1) is 11.3 Å². The van der Waals surface area contributed by atoms with Gasteiger partial charge in [0.15, 0.2) is 0 Å². The molecule has 0 unspecified atom stereocenters. The van der Waals surface area contributed by atoms with E-state index in [1.165, 1.54) is 4.88 Å². The second-order valence-electron chi connectivity index (χ2n) is 7.45. The molecule has 0 bridgehead atoms. The number of likely N-dealkylation sites (tertiary alicyclic amines) is 1. The van der Waals surface area contributed by atoms with Gasteiger partial charge >= 0.3 is 0 Å². The van der Waals surface area contributed by atoms with Gasteiger partial charge in [-0.3, -0.25) is 9.78 Å². The summed E-state index contributed by atoms with van der Waals surface area (Å²) in [6, 6.07) is 8.01. The minimum absolute atomic E-state index is 0.127. The lowest BCUT2D eigenvalue weighted by molar-refractivity contribution is 0.0776. The molecule has 3 aromatic rings. The number of amides is 1. The Balaban J connectivity index is 1.37. The highest BCUT2D eigenvalue weighted by atomic mass is 32.1. The number of aromatic nitrogens is 3. The normalized spacial score (nSPS) is 21.5. The van der Waals surface area contributed by atoms with Crippen molar-refractivity contribution in [1.29, 1.82) is 0 Å². The van der Waals surface area contributed by atoms with Crippen molar-refractivity contribution in [2.24, 2.45) is 5.41 Å². The Morgan fingerprint density at radius 1 is 1.23 bits per heavy atom. The molecule has 132 valence electrons. The van der Waals surface area contributed by atoms with Crippen LogP contribution in [0.5, 0.6) is 0 Å². The van der Waals surface area contributed by atoms with Crippen LogP contribution in [0.4, 0.5) is 0 Å². The van der Waals surface area contributed by atoms with Gasteiger partial charge in [-0.1, -0.05) is 0 Å². The number of rotatable bonds is 2. The molecule has 2 aliphatic heterocycles. The van der Waals surface area contributed by atoms with Gasteiger partial charge in [0.05, 0.1) is 16.8 Å². The third-order valence-electron chi connectivity index (χ3n) is 5.60. The zero-order valence-electron chi connectivity index (χ0n) is 14.7. The predicted octanol–water partition coefficient (Wildman–Crippen LogP) is 3.40. The molecule has 1 fully saturated rings. The van der Waals surface area contributed by atoms with Gasteiger partial charge < -0.3 is 9.47 Å². The monoisotopic (exact) mass is 364 g/mol. The summed E-state index contributed by atoms with van der Waals surface area (Å²) in [7, 11) is 0. The van der Waals surface area contributed by atoms with Crippen molar-refractivity contribution in [2.75, 3.05) is 13.1 Å². The van der Waals surface area contributed by atoms with Crippen LogP contribution >= 0.6 is 11.3 Å². The summed E-state index contributed by atoms with van der Waals surface area (Å²) in [6.07, 6.45) is 7.61. The summed E-state index contributed by atoms with van der Waals surface area (Å²) in [6.45, 7) is 4.63. The smallest absolute Gasteiger partial charge is 0.263 e. The fourth-order valence-corrected chi connectivity index (χ4v) is 5.13. The van der Waals surface area contributed by atoms with Gasteiger partial charge in [0.1, 0.15) is 5.82 Å². The number of aryl methyl sites for hydroxylation is 1. The Hall–Kier alpha value is -2.47. The van der Waals surface area contributed by atoms with Gasteiger partial charge in [0.25, 0.3) is 5.91 Å². The average molecular weight is 364 g/mol. The topological polar surface area (TPSA) is 51.0 Å². The molecule has 5 heterocycles.